The highest BCUT2D eigenvalue weighted by atomic mass is 32.1. The number of ether oxygens (including phenoxy) is 1. The van der Waals surface area contributed by atoms with E-state index in [2.05, 4.69) is 0 Å². The fraction of sp³-hybridized carbons (Fsp3) is 0.385. The Hall–Kier alpha value is -1.62. The van der Waals surface area contributed by atoms with Gasteiger partial charge in [0.2, 0.25) is 0 Å². The Morgan fingerprint density at radius 2 is 1.83 bits per heavy atom. The van der Waals surface area contributed by atoms with E-state index in [1.54, 1.807) is 0 Å². The Balaban J connectivity index is 3.10. The molecule has 0 radical (unpaired) electrons. The summed E-state index contributed by atoms with van der Waals surface area (Å²) < 4.78 is 5.66. The second-order valence-electron chi connectivity index (χ2n) is 4.22. The number of carbonyl (C=O) groups is 1. The molecule has 4 N–H and O–H groups in total. The van der Waals surface area contributed by atoms with E-state index in [1.165, 1.54) is 0 Å². The molecule has 1 aromatic rings. The number of rotatable bonds is 5. The van der Waals surface area contributed by atoms with Gasteiger partial charge in [-0.05, 0) is 43.5 Å². The molecule has 0 bridgehead atoms. The monoisotopic (exact) mass is 266 g/mol. The summed E-state index contributed by atoms with van der Waals surface area (Å²) in [6.07, 6.45) is -0.0799. The van der Waals surface area contributed by atoms with Crippen LogP contribution < -0.4 is 16.2 Å². The van der Waals surface area contributed by atoms with Gasteiger partial charge in [-0.1, -0.05) is 19.1 Å². The van der Waals surface area contributed by atoms with Crippen LogP contribution in [0.25, 0.3) is 0 Å². The van der Waals surface area contributed by atoms with Crippen molar-refractivity contribution in [3.8, 4) is 5.75 Å². The van der Waals surface area contributed by atoms with Gasteiger partial charge in [0.1, 0.15) is 10.7 Å². The van der Waals surface area contributed by atoms with Crippen LogP contribution in [0.2, 0.25) is 0 Å². The van der Waals surface area contributed by atoms with Crippen molar-refractivity contribution in [1.82, 2.24) is 0 Å². The number of benzene rings is 1. The summed E-state index contributed by atoms with van der Waals surface area (Å²) in [5.41, 5.74) is 13.4. The maximum absolute atomic E-state index is 11.2. The molecule has 0 fully saturated rings. The zero-order chi connectivity index (χ0) is 13.9. The summed E-state index contributed by atoms with van der Waals surface area (Å²) in [4.78, 5) is 11.5. The van der Waals surface area contributed by atoms with E-state index in [0.29, 0.717) is 17.2 Å². The van der Waals surface area contributed by atoms with E-state index in [9.17, 15) is 4.79 Å². The van der Waals surface area contributed by atoms with Crippen LogP contribution in [-0.2, 0) is 4.79 Å². The molecule has 1 atom stereocenters. The minimum absolute atomic E-state index is 0.342. The van der Waals surface area contributed by atoms with Crippen LogP contribution in [-0.4, -0.2) is 17.0 Å². The van der Waals surface area contributed by atoms with Crippen LogP contribution in [0.1, 0.15) is 30.0 Å². The van der Waals surface area contributed by atoms with Gasteiger partial charge >= 0.3 is 0 Å². The van der Waals surface area contributed by atoms with Crippen molar-refractivity contribution in [3.63, 3.8) is 0 Å². The minimum Gasteiger partial charge on any atom is -0.480 e. The van der Waals surface area contributed by atoms with Crippen molar-refractivity contribution >= 4 is 23.1 Å². The van der Waals surface area contributed by atoms with Crippen LogP contribution in [0.4, 0.5) is 0 Å². The molecule has 0 aliphatic heterocycles. The molecule has 1 rings (SSSR count). The van der Waals surface area contributed by atoms with Crippen molar-refractivity contribution < 1.29 is 9.53 Å². The Bertz CT molecular complexity index is 463. The van der Waals surface area contributed by atoms with Crippen LogP contribution in [0, 0.1) is 13.8 Å². The van der Waals surface area contributed by atoms with E-state index in [0.717, 1.165) is 16.7 Å². The minimum atomic E-state index is -0.613. The maximum Gasteiger partial charge on any atom is 0.258 e. The van der Waals surface area contributed by atoms with Gasteiger partial charge in [0, 0.05) is 5.56 Å². The summed E-state index contributed by atoms with van der Waals surface area (Å²) in [5, 5.41) is 0. The molecule has 4 nitrogen and oxygen atoms in total. The Kier molecular flexibility index (Phi) is 4.67. The van der Waals surface area contributed by atoms with Gasteiger partial charge in [-0.3, -0.25) is 4.79 Å². The lowest BCUT2D eigenvalue weighted by Gasteiger charge is -2.18. The summed E-state index contributed by atoms with van der Waals surface area (Å²) in [5.74, 6) is 0.204. The van der Waals surface area contributed by atoms with Crippen LogP contribution in [0.3, 0.4) is 0 Å². The molecule has 0 aromatic heterocycles. The van der Waals surface area contributed by atoms with Crippen LogP contribution >= 0.6 is 12.2 Å². The van der Waals surface area contributed by atoms with Gasteiger partial charge in [-0.15, -0.1) is 0 Å². The van der Waals surface area contributed by atoms with Crippen molar-refractivity contribution in [2.45, 2.75) is 33.3 Å². The smallest absolute Gasteiger partial charge is 0.258 e. The first-order chi connectivity index (χ1) is 8.36. The standard InChI is InChI=1S/C13H18N2O2S/c1-4-10(12(14)16)17-11-7(2)5-9(13(15)18)6-8(11)3/h5-6,10H,4H2,1-3H3,(H2,14,16)(H2,15,18). The van der Waals surface area contributed by atoms with Crippen molar-refractivity contribution in [1.29, 1.82) is 0 Å². The van der Waals surface area contributed by atoms with Crippen LogP contribution in [0.5, 0.6) is 5.75 Å². The van der Waals surface area contributed by atoms with E-state index in [-0.39, 0.29) is 0 Å². The first-order valence-electron chi connectivity index (χ1n) is 5.73. The van der Waals surface area contributed by atoms with Crippen molar-refractivity contribution in [2.75, 3.05) is 0 Å². The topological polar surface area (TPSA) is 78.3 Å². The quantitative estimate of drug-likeness (QED) is 0.793. The first-order valence-corrected chi connectivity index (χ1v) is 6.14. The number of nitrogens with two attached hydrogens (primary N) is 2. The number of thiocarbonyl (C=S) groups is 1. The first kappa shape index (κ1) is 14.4. The molecule has 1 aromatic carbocycles. The third kappa shape index (κ3) is 3.20. The molecule has 18 heavy (non-hydrogen) atoms. The van der Waals surface area contributed by atoms with E-state index >= 15 is 0 Å². The molecule has 5 heteroatoms. The third-order valence-electron chi connectivity index (χ3n) is 2.69. The van der Waals surface area contributed by atoms with Gasteiger partial charge in [0.05, 0.1) is 0 Å². The fourth-order valence-electron chi connectivity index (χ4n) is 1.76. The lowest BCUT2D eigenvalue weighted by Crippen LogP contribution is -2.33. The predicted molar refractivity (Wildman–Crippen MR) is 75.7 cm³/mol. The van der Waals surface area contributed by atoms with Gasteiger partial charge < -0.3 is 16.2 Å². The maximum atomic E-state index is 11.2. The highest BCUT2D eigenvalue weighted by Crippen LogP contribution is 2.26. The average molecular weight is 266 g/mol. The lowest BCUT2D eigenvalue weighted by atomic mass is 10.1. The predicted octanol–water partition coefficient (Wildman–Crippen LogP) is 1.58. The molecule has 0 heterocycles. The molecular weight excluding hydrogens is 248 g/mol. The second-order valence-corrected chi connectivity index (χ2v) is 4.66. The van der Waals surface area contributed by atoms with Crippen molar-refractivity contribution in [2.24, 2.45) is 11.5 Å². The molecule has 0 aliphatic rings. The molecule has 0 spiro atoms. The SMILES string of the molecule is CCC(Oc1c(C)cc(C(N)=S)cc1C)C(N)=O. The Labute approximate surface area is 112 Å². The molecule has 0 aliphatic carbocycles. The molecule has 98 valence electrons. The summed E-state index contributed by atoms with van der Waals surface area (Å²) in [6.45, 7) is 5.62. The van der Waals surface area contributed by atoms with E-state index in [4.69, 9.17) is 28.4 Å². The number of primary amides is 1. The number of hydrogen-bond donors (Lipinski definition) is 2. The summed E-state index contributed by atoms with van der Waals surface area (Å²) in [7, 11) is 0. The number of aryl methyl sites for hydroxylation is 2. The van der Waals surface area contributed by atoms with Crippen molar-refractivity contribution in [3.05, 3.63) is 28.8 Å². The molecule has 1 unspecified atom stereocenters. The molecule has 1 amide bonds. The number of hydrogen-bond acceptors (Lipinski definition) is 3. The summed E-state index contributed by atoms with van der Waals surface area (Å²) in [6, 6.07) is 3.69. The van der Waals surface area contributed by atoms with Crippen LogP contribution in [0.15, 0.2) is 12.1 Å². The van der Waals surface area contributed by atoms with E-state index in [1.807, 2.05) is 32.9 Å². The molecular formula is C13H18N2O2S. The zero-order valence-electron chi connectivity index (χ0n) is 10.8. The lowest BCUT2D eigenvalue weighted by molar-refractivity contribution is -0.124. The van der Waals surface area contributed by atoms with Gasteiger partial charge in [0.25, 0.3) is 5.91 Å². The Morgan fingerprint density at radius 3 is 2.17 bits per heavy atom. The summed E-state index contributed by atoms with van der Waals surface area (Å²) >= 11 is 4.94. The van der Waals surface area contributed by atoms with Gasteiger partial charge in [-0.25, -0.2) is 0 Å². The van der Waals surface area contributed by atoms with Gasteiger partial charge in [0.15, 0.2) is 6.10 Å². The largest absolute Gasteiger partial charge is 0.480 e. The zero-order valence-corrected chi connectivity index (χ0v) is 11.6. The molecule has 0 saturated carbocycles. The fourth-order valence-corrected chi connectivity index (χ4v) is 1.88. The van der Waals surface area contributed by atoms with E-state index < -0.39 is 12.0 Å². The average Bonchev–Trinajstić information content (AvgIpc) is 2.27. The highest BCUT2D eigenvalue weighted by Gasteiger charge is 2.17. The van der Waals surface area contributed by atoms with Gasteiger partial charge in [-0.2, -0.15) is 0 Å². The molecule has 0 saturated heterocycles. The number of carbonyl (C=O) groups excluding carboxylic acids is 1. The number of amides is 1. The Morgan fingerprint density at radius 1 is 1.33 bits per heavy atom. The third-order valence-corrected chi connectivity index (χ3v) is 2.93. The second kappa shape index (κ2) is 5.82. The highest BCUT2D eigenvalue weighted by molar-refractivity contribution is 7.80. The normalized spacial score (nSPS) is 11.9.